The molecule has 1 aliphatic heterocycles. The third-order valence-electron chi connectivity index (χ3n) is 5.04. The Bertz CT molecular complexity index is 737. The van der Waals surface area contributed by atoms with Crippen LogP contribution >= 0.6 is 11.6 Å². The van der Waals surface area contributed by atoms with Gasteiger partial charge in [-0.05, 0) is 62.4 Å². The molecule has 3 rings (SSSR count). The molecule has 2 aromatic rings. The zero-order chi connectivity index (χ0) is 19.2. The van der Waals surface area contributed by atoms with E-state index in [9.17, 15) is 4.79 Å². The third kappa shape index (κ3) is 5.53. The van der Waals surface area contributed by atoms with Crippen LogP contribution in [0.5, 0.6) is 0 Å². The van der Waals surface area contributed by atoms with Crippen molar-refractivity contribution in [3.63, 3.8) is 0 Å². The third-order valence-corrected chi connectivity index (χ3v) is 5.29. The molecule has 2 N–H and O–H groups in total. The summed E-state index contributed by atoms with van der Waals surface area (Å²) >= 11 is 6.01. The fraction of sp³-hybridized carbons (Fsp3) is 0.550. The predicted molar refractivity (Wildman–Crippen MR) is 107 cm³/mol. The number of amides is 1. The van der Waals surface area contributed by atoms with Crippen LogP contribution < -0.4 is 10.6 Å². The van der Waals surface area contributed by atoms with Crippen molar-refractivity contribution in [1.82, 2.24) is 25.6 Å². The molecule has 1 atom stereocenters. The number of hydrogen-bond donors (Lipinski definition) is 2. The number of nitrogens with zero attached hydrogens (tertiary/aromatic N) is 3. The van der Waals surface area contributed by atoms with Crippen molar-refractivity contribution in [2.45, 2.75) is 51.6 Å². The average molecular weight is 390 g/mol. The SMILES string of the molecule is CC(C)CCC(NC(=O)c1cn(C2CCNCC2)nn1)c1ccc(Cl)cc1. The van der Waals surface area contributed by atoms with Crippen LogP contribution in [0.15, 0.2) is 30.5 Å². The Morgan fingerprint density at radius 1 is 1.26 bits per heavy atom. The Kier molecular flexibility index (Phi) is 6.85. The molecule has 146 valence electrons. The van der Waals surface area contributed by atoms with Crippen LogP contribution in [0.25, 0.3) is 0 Å². The van der Waals surface area contributed by atoms with E-state index in [4.69, 9.17) is 11.6 Å². The summed E-state index contributed by atoms with van der Waals surface area (Å²) in [7, 11) is 0. The van der Waals surface area contributed by atoms with Gasteiger partial charge in [0.1, 0.15) is 0 Å². The number of aromatic nitrogens is 3. The molecule has 0 bridgehead atoms. The van der Waals surface area contributed by atoms with Gasteiger partial charge in [-0.25, -0.2) is 4.68 Å². The van der Waals surface area contributed by atoms with Crippen molar-refractivity contribution in [2.24, 2.45) is 5.92 Å². The second kappa shape index (κ2) is 9.33. The summed E-state index contributed by atoms with van der Waals surface area (Å²) in [5.41, 5.74) is 1.43. The van der Waals surface area contributed by atoms with Gasteiger partial charge in [-0.3, -0.25) is 4.79 Å². The van der Waals surface area contributed by atoms with Crippen LogP contribution in [0.4, 0.5) is 0 Å². The van der Waals surface area contributed by atoms with Crippen molar-refractivity contribution in [2.75, 3.05) is 13.1 Å². The number of benzene rings is 1. The van der Waals surface area contributed by atoms with E-state index >= 15 is 0 Å². The Labute approximate surface area is 165 Å². The minimum Gasteiger partial charge on any atom is -0.344 e. The molecule has 1 aromatic heterocycles. The number of halogens is 1. The first kappa shape index (κ1) is 19.8. The van der Waals surface area contributed by atoms with Gasteiger partial charge in [0.15, 0.2) is 5.69 Å². The molecular formula is C20H28ClN5O. The molecule has 1 aromatic carbocycles. The average Bonchev–Trinajstić information content (AvgIpc) is 3.17. The topological polar surface area (TPSA) is 71.8 Å². The molecule has 0 spiro atoms. The summed E-state index contributed by atoms with van der Waals surface area (Å²) in [5.74, 6) is 0.386. The maximum atomic E-state index is 12.8. The van der Waals surface area contributed by atoms with Crippen LogP contribution in [0.2, 0.25) is 5.02 Å². The lowest BCUT2D eigenvalue weighted by Gasteiger charge is -2.22. The summed E-state index contributed by atoms with van der Waals surface area (Å²) in [6.07, 6.45) is 5.67. The molecule has 2 heterocycles. The molecule has 1 fully saturated rings. The Balaban J connectivity index is 1.69. The first-order valence-electron chi connectivity index (χ1n) is 9.72. The van der Waals surface area contributed by atoms with Gasteiger partial charge >= 0.3 is 0 Å². The lowest BCUT2D eigenvalue weighted by molar-refractivity contribution is 0.0928. The Morgan fingerprint density at radius 3 is 2.63 bits per heavy atom. The normalized spacial score (nSPS) is 16.4. The van der Waals surface area contributed by atoms with E-state index in [1.54, 1.807) is 6.20 Å². The fourth-order valence-electron chi connectivity index (χ4n) is 3.38. The molecule has 7 heteroatoms. The molecule has 1 unspecified atom stereocenters. The van der Waals surface area contributed by atoms with Crippen LogP contribution in [0.1, 0.15) is 67.7 Å². The smallest absolute Gasteiger partial charge is 0.273 e. The molecule has 0 radical (unpaired) electrons. The molecule has 1 amide bonds. The van der Waals surface area contributed by atoms with Crippen molar-refractivity contribution < 1.29 is 4.79 Å². The number of nitrogens with one attached hydrogen (secondary N) is 2. The number of hydrogen-bond acceptors (Lipinski definition) is 4. The maximum absolute atomic E-state index is 12.8. The van der Waals surface area contributed by atoms with Crippen LogP contribution in [0.3, 0.4) is 0 Å². The first-order valence-corrected chi connectivity index (χ1v) is 10.1. The standard InChI is InChI=1S/C20H28ClN5O/c1-14(2)3-8-18(15-4-6-16(21)7-5-15)23-20(27)19-13-26(25-24-19)17-9-11-22-12-10-17/h4-7,13-14,17-18,22H,3,8-12H2,1-2H3,(H,23,27). The summed E-state index contributed by atoms with van der Waals surface area (Å²) in [6.45, 7) is 6.32. The first-order chi connectivity index (χ1) is 13.0. The van der Waals surface area contributed by atoms with Gasteiger partial charge in [0, 0.05) is 5.02 Å². The van der Waals surface area contributed by atoms with Crippen molar-refractivity contribution in [3.8, 4) is 0 Å². The van der Waals surface area contributed by atoms with Gasteiger partial charge < -0.3 is 10.6 Å². The maximum Gasteiger partial charge on any atom is 0.273 e. The monoisotopic (exact) mass is 389 g/mol. The second-order valence-electron chi connectivity index (χ2n) is 7.61. The highest BCUT2D eigenvalue weighted by atomic mass is 35.5. The van der Waals surface area contributed by atoms with Gasteiger partial charge in [-0.1, -0.05) is 42.8 Å². The van der Waals surface area contributed by atoms with Crippen molar-refractivity contribution in [3.05, 3.63) is 46.7 Å². The fourth-order valence-corrected chi connectivity index (χ4v) is 3.51. The van der Waals surface area contributed by atoms with Gasteiger partial charge in [-0.2, -0.15) is 0 Å². The molecule has 27 heavy (non-hydrogen) atoms. The number of carbonyl (C=O) groups excluding carboxylic acids is 1. The lowest BCUT2D eigenvalue weighted by atomic mass is 9.97. The van der Waals surface area contributed by atoms with Crippen LogP contribution in [-0.2, 0) is 0 Å². The van der Waals surface area contributed by atoms with Crippen LogP contribution in [-0.4, -0.2) is 34.0 Å². The van der Waals surface area contributed by atoms with Crippen molar-refractivity contribution in [1.29, 1.82) is 0 Å². The molecule has 6 nitrogen and oxygen atoms in total. The number of piperidine rings is 1. The Morgan fingerprint density at radius 2 is 1.96 bits per heavy atom. The summed E-state index contributed by atoms with van der Waals surface area (Å²) in [4.78, 5) is 12.8. The van der Waals surface area contributed by atoms with Crippen LogP contribution in [0, 0.1) is 5.92 Å². The van der Waals surface area contributed by atoms with E-state index in [0.29, 0.717) is 22.7 Å². The molecule has 1 aliphatic rings. The van der Waals surface area contributed by atoms with Gasteiger partial charge in [0.2, 0.25) is 0 Å². The van der Waals surface area contributed by atoms with E-state index in [2.05, 4.69) is 34.8 Å². The summed E-state index contributed by atoms with van der Waals surface area (Å²) in [5, 5.41) is 15.5. The largest absolute Gasteiger partial charge is 0.344 e. The van der Waals surface area contributed by atoms with E-state index in [1.165, 1.54) is 0 Å². The zero-order valence-corrected chi connectivity index (χ0v) is 16.7. The predicted octanol–water partition coefficient (Wildman–Crippen LogP) is 3.76. The van der Waals surface area contributed by atoms with Gasteiger partial charge in [0.25, 0.3) is 5.91 Å². The summed E-state index contributed by atoms with van der Waals surface area (Å²) in [6, 6.07) is 7.91. The van der Waals surface area contributed by atoms with E-state index in [-0.39, 0.29) is 11.9 Å². The minimum absolute atomic E-state index is 0.0683. The molecule has 0 aliphatic carbocycles. The lowest BCUT2D eigenvalue weighted by Crippen LogP contribution is -2.30. The quantitative estimate of drug-likeness (QED) is 0.756. The highest BCUT2D eigenvalue weighted by molar-refractivity contribution is 6.30. The van der Waals surface area contributed by atoms with E-state index in [1.807, 2.05) is 28.9 Å². The number of rotatable bonds is 7. The molecule has 0 saturated carbocycles. The molecule has 1 saturated heterocycles. The van der Waals surface area contributed by atoms with Gasteiger partial charge in [-0.15, -0.1) is 5.10 Å². The van der Waals surface area contributed by atoms with E-state index < -0.39 is 0 Å². The second-order valence-corrected chi connectivity index (χ2v) is 8.05. The highest BCUT2D eigenvalue weighted by Gasteiger charge is 2.21. The summed E-state index contributed by atoms with van der Waals surface area (Å²) < 4.78 is 1.83. The van der Waals surface area contributed by atoms with Crippen molar-refractivity contribution >= 4 is 17.5 Å². The van der Waals surface area contributed by atoms with E-state index in [0.717, 1.165) is 44.3 Å². The highest BCUT2D eigenvalue weighted by Crippen LogP contribution is 2.23. The molecular weight excluding hydrogens is 362 g/mol. The zero-order valence-electron chi connectivity index (χ0n) is 16.0. The number of carbonyl (C=O) groups is 1. The van der Waals surface area contributed by atoms with Gasteiger partial charge in [0.05, 0.1) is 18.3 Å². The Hall–Kier alpha value is -1.92. The minimum atomic E-state index is -0.182.